The molecule has 5 heterocycles. The third-order valence-electron chi connectivity index (χ3n) is 6.59. The maximum Gasteiger partial charge on any atom is 0.206 e. The number of rotatable bonds is 5. The molecule has 0 radical (unpaired) electrons. The number of ether oxygens (including phenoxy) is 2. The van der Waals surface area contributed by atoms with E-state index in [9.17, 15) is 0 Å². The number of para-hydroxylation sites is 2. The summed E-state index contributed by atoms with van der Waals surface area (Å²) in [4.78, 5) is 14.9. The van der Waals surface area contributed by atoms with Crippen molar-refractivity contribution >= 4 is 22.1 Å². The first-order valence-electron chi connectivity index (χ1n) is 12.5. The van der Waals surface area contributed by atoms with E-state index in [-0.39, 0.29) is 0 Å². The Kier molecular flexibility index (Phi) is 6.78. The van der Waals surface area contributed by atoms with Crippen molar-refractivity contribution in [1.29, 1.82) is 5.26 Å². The summed E-state index contributed by atoms with van der Waals surface area (Å²) in [6.07, 6.45) is 7.09. The SMILES string of the molecule is COc1ccccc1-c1c[nH]c2ncc(-c3nn[nH]n3)cc12.COc1ccccc1-c1c[nH]c2ncc(C#N)cc12. The Morgan fingerprint density at radius 3 is 1.88 bits per heavy atom. The van der Waals surface area contributed by atoms with Gasteiger partial charge < -0.3 is 19.4 Å². The quantitative estimate of drug-likeness (QED) is 0.257. The normalized spacial score (nSPS) is 10.7. The number of nitrogens with zero attached hydrogens (tertiary/aromatic N) is 6. The van der Waals surface area contributed by atoms with Crippen LogP contribution in [0.1, 0.15) is 5.56 Å². The third-order valence-corrected chi connectivity index (χ3v) is 6.59. The van der Waals surface area contributed by atoms with E-state index in [1.165, 1.54) is 0 Å². The van der Waals surface area contributed by atoms with Crippen molar-refractivity contribution in [1.82, 2.24) is 40.6 Å². The van der Waals surface area contributed by atoms with E-state index in [2.05, 4.69) is 46.6 Å². The van der Waals surface area contributed by atoms with Crippen LogP contribution in [0.5, 0.6) is 11.5 Å². The zero-order valence-electron chi connectivity index (χ0n) is 22.1. The molecule has 0 atom stereocenters. The Morgan fingerprint density at radius 2 is 1.32 bits per heavy atom. The summed E-state index contributed by atoms with van der Waals surface area (Å²) in [6, 6.07) is 21.6. The van der Waals surface area contributed by atoms with Gasteiger partial charge >= 0.3 is 0 Å². The van der Waals surface area contributed by atoms with Crippen molar-refractivity contribution in [3.05, 3.63) is 91.0 Å². The molecule has 0 unspecified atom stereocenters. The van der Waals surface area contributed by atoms with Crippen molar-refractivity contribution in [2.45, 2.75) is 0 Å². The van der Waals surface area contributed by atoms with E-state index in [1.54, 1.807) is 26.6 Å². The molecule has 0 spiro atoms. The Balaban J connectivity index is 0.000000149. The average molecular weight is 542 g/mol. The smallest absolute Gasteiger partial charge is 0.206 e. The van der Waals surface area contributed by atoms with Crippen LogP contribution < -0.4 is 9.47 Å². The van der Waals surface area contributed by atoms with Gasteiger partial charge in [0.05, 0.1) is 19.8 Å². The molecule has 7 aromatic rings. The van der Waals surface area contributed by atoms with Gasteiger partial charge in [-0.1, -0.05) is 36.4 Å². The number of hydrogen-bond donors (Lipinski definition) is 3. The first kappa shape index (κ1) is 25.3. The van der Waals surface area contributed by atoms with Gasteiger partial charge in [0.1, 0.15) is 28.9 Å². The fourth-order valence-electron chi connectivity index (χ4n) is 4.65. The van der Waals surface area contributed by atoms with Gasteiger partial charge in [-0.3, -0.25) is 0 Å². The second kappa shape index (κ2) is 11.0. The molecule has 7 rings (SSSR count). The van der Waals surface area contributed by atoms with Crippen LogP contribution in [0.3, 0.4) is 0 Å². The van der Waals surface area contributed by atoms with Crippen LogP contribution in [-0.4, -0.2) is 54.8 Å². The van der Waals surface area contributed by atoms with Crippen molar-refractivity contribution in [3.8, 4) is 51.2 Å². The van der Waals surface area contributed by atoms with Crippen LogP contribution in [0.15, 0.2) is 85.5 Å². The van der Waals surface area contributed by atoms with Gasteiger partial charge in [-0.05, 0) is 29.5 Å². The number of tetrazole rings is 1. The summed E-state index contributed by atoms with van der Waals surface area (Å²) in [5.74, 6) is 2.13. The van der Waals surface area contributed by atoms with Crippen molar-refractivity contribution in [2.75, 3.05) is 14.2 Å². The highest BCUT2D eigenvalue weighted by Crippen LogP contribution is 2.36. The summed E-state index contributed by atoms with van der Waals surface area (Å²) in [6.45, 7) is 0. The summed E-state index contributed by atoms with van der Waals surface area (Å²) in [5.41, 5.74) is 6.90. The van der Waals surface area contributed by atoms with Gasteiger partial charge in [-0.15, -0.1) is 10.2 Å². The zero-order valence-corrected chi connectivity index (χ0v) is 22.1. The van der Waals surface area contributed by atoms with Gasteiger partial charge in [0.2, 0.25) is 5.82 Å². The Hall–Kier alpha value is -6.02. The molecule has 0 bridgehead atoms. The Bertz CT molecular complexity index is 2000. The van der Waals surface area contributed by atoms with E-state index in [0.717, 1.165) is 61.4 Å². The van der Waals surface area contributed by atoms with E-state index in [1.807, 2.05) is 73.1 Å². The minimum atomic E-state index is 0.515. The maximum absolute atomic E-state index is 8.97. The molecular weight excluding hydrogens is 518 g/mol. The van der Waals surface area contributed by atoms with Gasteiger partial charge in [0.25, 0.3) is 0 Å². The summed E-state index contributed by atoms with van der Waals surface area (Å²) < 4.78 is 10.8. The second-order valence-corrected chi connectivity index (χ2v) is 8.89. The lowest BCUT2D eigenvalue weighted by molar-refractivity contribution is 0.416. The predicted octanol–water partition coefficient (Wildman–Crippen LogP) is 5.53. The molecule has 200 valence electrons. The summed E-state index contributed by atoms with van der Waals surface area (Å²) in [7, 11) is 3.31. The van der Waals surface area contributed by atoms with Crippen molar-refractivity contribution in [3.63, 3.8) is 0 Å². The number of fused-ring (bicyclic) bond motifs is 2. The van der Waals surface area contributed by atoms with Gasteiger partial charge in [0.15, 0.2) is 0 Å². The number of hydrogen-bond acceptors (Lipinski definition) is 8. The Morgan fingerprint density at radius 1 is 0.732 bits per heavy atom. The lowest BCUT2D eigenvalue weighted by Gasteiger charge is -2.07. The molecule has 11 nitrogen and oxygen atoms in total. The standard InChI is InChI=1S/C15H12N6O.C15H11N3O/c1-22-13-5-3-2-4-10(13)12-8-17-15-11(12)6-9(7-16-15)14-18-20-21-19-14;1-19-14-5-3-2-4-11(14)13-9-18-15-12(13)6-10(7-16)8-17-15/h2-8H,1H3,(H,16,17)(H,18,19,20,21);2-6,8-9H,1H3,(H,17,18). The molecule has 11 heteroatoms. The van der Waals surface area contributed by atoms with Crippen LogP contribution in [-0.2, 0) is 0 Å². The Labute approximate surface area is 233 Å². The lowest BCUT2D eigenvalue weighted by atomic mass is 10.0. The molecule has 0 amide bonds. The third kappa shape index (κ3) is 4.81. The molecule has 3 N–H and O–H groups in total. The topological polar surface area (TPSA) is 154 Å². The monoisotopic (exact) mass is 541 g/mol. The molecule has 41 heavy (non-hydrogen) atoms. The van der Waals surface area contributed by atoms with Gasteiger partial charge in [0, 0.05) is 63.4 Å². The van der Waals surface area contributed by atoms with E-state index in [0.29, 0.717) is 11.4 Å². The maximum atomic E-state index is 8.97. The van der Waals surface area contributed by atoms with E-state index >= 15 is 0 Å². The van der Waals surface area contributed by atoms with Crippen molar-refractivity contribution < 1.29 is 9.47 Å². The number of aromatic amines is 3. The fraction of sp³-hybridized carbons (Fsp3) is 0.0667. The number of nitrogens with one attached hydrogen (secondary N) is 3. The zero-order chi connectivity index (χ0) is 28.2. The van der Waals surface area contributed by atoms with Crippen LogP contribution >= 0.6 is 0 Å². The number of methoxy groups -OCH3 is 2. The lowest BCUT2D eigenvalue weighted by Crippen LogP contribution is -1.87. The predicted molar refractivity (Wildman–Crippen MR) is 154 cm³/mol. The number of benzene rings is 2. The summed E-state index contributed by atoms with van der Waals surface area (Å²) >= 11 is 0. The minimum Gasteiger partial charge on any atom is -0.496 e. The first-order valence-corrected chi connectivity index (χ1v) is 12.5. The van der Waals surface area contributed by atoms with Gasteiger partial charge in [-0.25, -0.2) is 9.97 Å². The summed E-state index contributed by atoms with van der Waals surface area (Å²) in [5, 5.41) is 24.9. The highest BCUT2D eigenvalue weighted by Gasteiger charge is 2.14. The molecule has 0 saturated heterocycles. The highest BCUT2D eigenvalue weighted by atomic mass is 16.5. The van der Waals surface area contributed by atoms with Crippen molar-refractivity contribution in [2.24, 2.45) is 0 Å². The number of aromatic nitrogens is 8. The van der Waals surface area contributed by atoms with Crippen LogP contribution in [0.4, 0.5) is 0 Å². The minimum absolute atomic E-state index is 0.515. The molecular formula is C30H23N9O2. The number of nitriles is 1. The average Bonchev–Trinajstić information content (AvgIpc) is 3.81. The second-order valence-electron chi connectivity index (χ2n) is 8.89. The van der Waals surface area contributed by atoms with E-state index < -0.39 is 0 Å². The molecule has 0 aliphatic carbocycles. The first-order chi connectivity index (χ1) is 20.2. The molecule has 5 aromatic heterocycles. The molecule has 0 saturated carbocycles. The fourth-order valence-corrected chi connectivity index (χ4v) is 4.65. The number of H-pyrrole nitrogens is 3. The number of pyridine rings is 2. The molecule has 0 aliphatic heterocycles. The van der Waals surface area contributed by atoms with Crippen LogP contribution in [0, 0.1) is 11.3 Å². The molecule has 2 aromatic carbocycles. The van der Waals surface area contributed by atoms with E-state index in [4.69, 9.17) is 14.7 Å². The largest absolute Gasteiger partial charge is 0.496 e. The van der Waals surface area contributed by atoms with Crippen LogP contribution in [0.2, 0.25) is 0 Å². The van der Waals surface area contributed by atoms with Crippen LogP contribution in [0.25, 0.3) is 55.7 Å². The highest BCUT2D eigenvalue weighted by molar-refractivity contribution is 5.97. The molecule has 0 fully saturated rings. The van der Waals surface area contributed by atoms with Gasteiger partial charge in [-0.2, -0.15) is 10.5 Å². The molecule has 0 aliphatic rings.